The molecule has 6 nitrogen and oxygen atoms in total. The van der Waals surface area contributed by atoms with Gasteiger partial charge in [-0.05, 0) is 18.6 Å². The highest BCUT2D eigenvalue weighted by atomic mass is 16.6. The number of nitriles is 1. The number of carbonyl (C=O) groups excluding carboxylic acids is 1. The van der Waals surface area contributed by atoms with Crippen molar-refractivity contribution >= 4 is 17.7 Å². The van der Waals surface area contributed by atoms with E-state index in [0.29, 0.717) is 6.54 Å². The first-order valence-corrected chi connectivity index (χ1v) is 6.23. The maximum Gasteiger partial charge on any atom is 0.276 e. The van der Waals surface area contributed by atoms with Gasteiger partial charge in [-0.3, -0.25) is 14.9 Å². The van der Waals surface area contributed by atoms with Crippen molar-refractivity contribution in [3.05, 3.63) is 45.5 Å². The second-order valence-electron chi connectivity index (χ2n) is 4.10. The van der Waals surface area contributed by atoms with Crippen molar-refractivity contribution in [1.82, 2.24) is 5.32 Å². The van der Waals surface area contributed by atoms with Gasteiger partial charge < -0.3 is 5.32 Å². The lowest BCUT2D eigenvalue weighted by atomic mass is 10.1. The molecule has 0 heterocycles. The summed E-state index contributed by atoms with van der Waals surface area (Å²) < 4.78 is 0. The Balaban J connectivity index is 2.98. The van der Waals surface area contributed by atoms with Crippen LogP contribution in [0.5, 0.6) is 0 Å². The zero-order valence-corrected chi connectivity index (χ0v) is 11.1. The molecule has 0 unspecified atom stereocenters. The quantitative estimate of drug-likeness (QED) is 0.283. The summed E-state index contributed by atoms with van der Waals surface area (Å²) >= 11 is 0. The van der Waals surface area contributed by atoms with Crippen LogP contribution >= 0.6 is 0 Å². The molecular weight excluding hydrogens is 258 g/mol. The molecule has 1 amide bonds. The molecule has 1 N–H and O–H groups in total. The Morgan fingerprint density at radius 3 is 2.80 bits per heavy atom. The van der Waals surface area contributed by atoms with Crippen LogP contribution in [0.4, 0.5) is 5.69 Å². The molecule has 20 heavy (non-hydrogen) atoms. The monoisotopic (exact) mass is 273 g/mol. The zero-order valence-electron chi connectivity index (χ0n) is 11.1. The van der Waals surface area contributed by atoms with Gasteiger partial charge in [-0.1, -0.05) is 25.5 Å². The predicted molar refractivity (Wildman–Crippen MR) is 74.6 cm³/mol. The number of rotatable bonds is 6. The van der Waals surface area contributed by atoms with Crippen LogP contribution in [0, 0.1) is 21.4 Å². The third kappa shape index (κ3) is 4.21. The van der Waals surface area contributed by atoms with Crippen molar-refractivity contribution in [2.24, 2.45) is 0 Å². The van der Waals surface area contributed by atoms with Gasteiger partial charge in [0.15, 0.2) is 0 Å². The molecule has 0 spiro atoms. The van der Waals surface area contributed by atoms with Crippen LogP contribution in [-0.2, 0) is 4.79 Å². The van der Waals surface area contributed by atoms with Crippen molar-refractivity contribution in [2.45, 2.75) is 19.8 Å². The smallest absolute Gasteiger partial charge is 0.276 e. The van der Waals surface area contributed by atoms with E-state index in [1.54, 1.807) is 12.1 Å². The number of hydrogen-bond donors (Lipinski definition) is 1. The molecule has 1 aromatic rings. The zero-order chi connectivity index (χ0) is 15.0. The number of nitrogens with one attached hydrogen (secondary N) is 1. The molecule has 1 rings (SSSR count). The molecule has 6 heteroatoms. The van der Waals surface area contributed by atoms with Crippen LogP contribution in [0.2, 0.25) is 0 Å². The highest BCUT2D eigenvalue weighted by Gasteiger charge is 2.14. The minimum atomic E-state index is -0.546. The van der Waals surface area contributed by atoms with Gasteiger partial charge in [0.25, 0.3) is 11.6 Å². The summed E-state index contributed by atoms with van der Waals surface area (Å²) in [5.41, 5.74) is -0.0447. The van der Waals surface area contributed by atoms with E-state index >= 15 is 0 Å². The summed E-state index contributed by atoms with van der Waals surface area (Å²) in [4.78, 5) is 22.1. The van der Waals surface area contributed by atoms with E-state index in [1.165, 1.54) is 24.3 Å². The molecule has 104 valence electrons. The Hall–Kier alpha value is -2.68. The van der Waals surface area contributed by atoms with Crippen molar-refractivity contribution in [3.63, 3.8) is 0 Å². The lowest BCUT2D eigenvalue weighted by Crippen LogP contribution is -2.25. The fourth-order valence-corrected chi connectivity index (χ4v) is 1.55. The maximum atomic E-state index is 11.8. The van der Waals surface area contributed by atoms with Gasteiger partial charge in [-0.25, -0.2) is 0 Å². The van der Waals surface area contributed by atoms with Crippen LogP contribution in [0.1, 0.15) is 25.3 Å². The Morgan fingerprint density at radius 1 is 1.50 bits per heavy atom. The second-order valence-corrected chi connectivity index (χ2v) is 4.10. The Kier molecular flexibility index (Phi) is 5.91. The van der Waals surface area contributed by atoms with Gasteiger partial charge in [-0.15, -0.1) is 0 Å². The predicted octanol–water partition coefficient (Wildman–Crippen LogP) is 2.42. The first kappa shape index (κ1) is 15.4. The molecule has 0 aliphatic rings. The molecule has 0 aliphatic heterocycles. The Labute approximate surface area is 116 Å². The molecule has 1 aromatic carbocycles. The molecule has 0 radical (unpaired) electrons. The third-order valence-corrected chi connectivity index (χ3v) is 2.61. The van der Waals surface area contributed by atoms with Gasteiger partial charge in [0.2, 0.25) is 0 Å². The lowest BCUT2D eigenvalue weighted by molar-refractivity contribution is -0.385. The normalized spacial score (nSPS) is 10.7. The molecule has 0 fully saturated rings. The maximum absolute atomic E-state index is 11.8. The summed E-state index contributed by atoms with van der Waals surface area (Å²) in [5.74, 6) is -0.515. The van der Waals surface area contributed by atoms with E-state index in [0.717, 1.165) is 12.8 Å². The topological polar surface area (TPSA) is 96.0 Å². The summed E-state index contributed by atoms with van der Waals surface area (Å²) in [6.45, 7) is 2.46. The first-order chi connectivity index (χ1) is 9.60. The lowest BCUT2D eigenvalue weighted by Gasteiger charge is -2.03. The number of benzene rings is 1. The van der Waals surface area contributed by atoms with Crippen molar-refractivity contribution in [1.29, 1.82) is 5.26 Å². The SMILES string of the molecule is CCCCNC(=O)/C(C#N)=C/c1ccccc1[N+](=O)[O-]. The Morgan fingerprint density at radius 2 is 2.20 bits per heavy atom. The van der Waals surface area contributed by atoms with Crippen LogP contribution in [0.25, 0.3) is 6.08 Å². The number of nitro benzene ring substituents is 1. The van der Waals surface area contributed by atoms with Gasteiger partial charge in [0, 0.05) is 12.6 Å². The molecule has 0 saturated heterocycles. The number of para-hydroxylation sites is 1. The summed E-state index contributed by atoms with van der Waals surface area (Å²) in [5, 5.41) is 22.5. The van der Waals surface area contributed by atoms with Crippen LogP contribution in [-0.4, -0.2) is 17.4 Å². The standard InChI is InChI=1S/C14H15N3O3/c1-2-3-8-16-14(18)12(10-15)9-11-6-4-5-7-13(11)17(19)20/h4-7,9H,2-3,8H2,1H3,(H,16,18)/b12-9+. The average molecular weight is 273 g/mol. The molecule has 0 aliphatic carbocycles. The summed E-state index contributed by atoms with van der Waals surface area (Å²) in [7, 11) is 0. The fourth-order valence-electron chi connectivity index (χ4n) is 1.55. The van der Waals surface area contributed by atoms with E-state index in [2.05, 4.69) is 5.32 Å². The highest BCUT2D eigenvalue weighted by Crippen LogP contribution is 2.20. The van der Waals surface area contributed by atoms with E-state index in [-0.39, 0.29) is 16.8 Å². The minimum absolute atomic E-state index is 0.137. The van der Waals surface area contributed by atoms with Crippen molar-refractivity contribution < 1.29 is 9.72 Å². The van der Waals surface area contributed by atoms with Gasteiger partial charge in [0.1, 0.15) is 11.6 Å². The second kappa shape index (κ2) is 7.69. The largest absolute Gasteiger partial charge is 0.351 e. The fraction of sp³-hybridized carbons (Fsp3) is 0.286. The number of unbranched alkanes of at least 4 members (excludes halogenated alkanes) is 1. The summed E-state index contributed by atoms with van der Waals surface area (Å²) in [6.07, 6.45) is 2.98. The molecule has 0 bridgehead atoms. The highest BCUT2D eigenvalue weighted by molar-refractivity contribution is 6.02. The average Bonchev–Trinajstić information content (AvgIpc) is 2.45. The van der Waals surface area contributed by atoms with Gasteiger partial charge in [-0.2, -0.15) is 5.26 Å². The van der Waals surface area contributed by atoms with Crippen LogP contribution in [0.15, 0.2) is 29.8 Å². The number of nitrogens with zero attached hydrogens (tertiary/aromatic N) is 2. The number of nitro groups is 1. The minimum Gasteiger partial charge on any atom is -0.351 e. The summed E-state index contributed by atoms with van der Waals surface area (Å²) in [6, 6.07) is 7.74. The van der Waals surface area contributed by atoms with Gasteiger partial charge >= 0.3 is 0 Å². The van der Waals surface area contributed by atoms with E-state index < -0.39 is 10.8 Å². The van der Waals surface area contributed by atoms with E-state index in [4.69, 9.17) is 5.26 Å². The molecular formula is C14H15N3O3. The van der Waals surface area contributed by atoms with Gasteiger partial charge in [0.05, 0.1) is 10.5 Å². The Bertz CT molecular complexity index is 573. The first-order valence-electron chi connectivity index (χ1n) is 6.23. The van der Waals surface area contributed by atoms with Crippen molar-refractivity contribution in [2.75, 3.05) is 6.54 Å². The number of hydrogen-bond acceptors (Lipinski definition) is 4. The molecule has 0 atom stereocenters. The van der Waals surface area contributed by atoms with E-state index in [9.17, 15) is 14.9 Å². The van der Waals surface area contributed by atoms with E-state index in [1.807, 2.05) is 6.92 Å². The third-order valence-electron chi connectivity index (χ3n) is 2.61. The number of amides is 1. The molecule has 0 aromatic heterocycles. The number of carbonyl (C=O) groups is 1. The molecule has 0 saturated carbocycles. The van der Waals surface area contributed by atoms with Crippen LogP contribution in [0.3, 0.4) is 0 Å². The van der Waals surface area contributed by atoms with Crippen LogP contribution < -0.4 is 5.32 Å². The van der Waals surface area contributed by atoms with Crippen molar-refractivity contribution in [3.8, 4) is 6.07 Å².